The summed E-state index contributed by atoms with van der Waals surface area (Å²) in [5.74, 6) is 1.35. The number of benzene rings is 2. The summed E-state index contributed by atoms with van der Waals surface area (Å²) in [6.45, 7) is 1.18. The fourth-order valence-corrected chi connectivity index (χ4v) is 3.81. The van der Waals surface area contributed by atoms with Crippen molar-refractivity contribution in [2.24, 2.45) is 0 Å². The topological polar surface area (TPSA) is 30.5 Å². The second-order valence-electron chi connectivity index (χ2n) is 7.08. The van der Waals surface area contributed by atoms with Crippen LogP contribution in [0.1, 0.15) is 49.7 Å². The van der Waals surface area contributed by atoms with Crippen molar-refractivity contribution in [1.29, 1.82) is 0 Å². The average Bonchev–Trinajstić information content (AvgIpc) is 2.95. The first-order valence-electron chi connectivity index (χ1n) is 9.63. The molecule has 5 heteroatoms. The maximum atomic E-state index is 6.52. The van der Waals surface area contributed by atoms with Crippen LogP contribution in [0.15, 0.2) is 36.4 Å². The van der Waals surface area contributed by atoms with Crippen LogP contribution in [0.2, 0.25) is 10.0 Å². The third-order valence-corrected chi connectivity index (χ3v) is 5.68. The molecule has 2 aromatic rings. The molecule has 0 aliphatic heterocycles. The third kappa shape index (κ3) is 6.03. The summed E-state index contributed by atoms with van der Waals surface area (Å²) in [4.78, 5) is 0. The lowest BCUT2D eigenvalue weighted by molar-refractivity contribution is 0.284. The molecule has 0 unspecified atom stereocenters. The maximum Gasteiger partial charge on any atom is 0.163 e. The van der Waals surface area contributed by atoms with Crippen LogP contribution in [0.3, 0.4) is 0 Å². The number of rotatable bonds is 7. The van der Waals surface area contributed by atoms with Crippen molar-refractivity contribution in [3.05, 3.63) is 57.6 Å². The molecule has 1 aliphatic carbocycles. The van der Waals surface area contributed by atoms with E-state index in [9.17, 15) is 0 Å². The first kappa shape index (κ1) is 20.3. The Kier molecular flexibility index (Phi) is 7.69. The minimum absolute atomic E-state index is 0.434. The van der Waals surface area contributed by atoms with E-state index in [2.05, 4.69) is 5.32 Å². The molecule has 0 bridgehead atoms. The first-order chi connectivity index (χ1) is 13.2. The van der Waals surface area contributed by atoms with Crippen LogP contribution in [0.25, 0.3) is 0 Å². The molecular weight excluding hydrogens is 381 g/mol. The van der Waals surface area contributed by atoms with Crippen molar-refractivity contribution in [2.45, 2.75) is 57.7 Å². The number of hydrogen-bond donors (Lipinski definition) is 1. The van der Waals surface area contributed by atoms with Gasteiger partial charge < -0.3 is 14.8 Å². The van der Waals surface area contributed by atoms with Gasteiger partial charge in [0.2, 0.25) is 0 Å². The predicted molar refractivity (Wildman–Crippen MR) is 112 cm³/mol. The van der Waals surface area contributed by atoms with Crippen LogP contribution in [-0.4, -0.2) is 13.2 Å². The summed E-state index contributed by atoms with van der Waals surface area (Å²) in [6.07, 6.45) is 7.82. The third-order valence-electron chi connectivity index (χ3n) is 5.08. The zero-order valence-corrected chi connectivity index (χ0v) is 17.3. The van der Waals surface area contributed by atoms with Gasteiger partial charge in [0.05, 0.1) is 7.11 Å². The zero-order valence-electron chi connectivity index (χ0n) is 15.8. The highest BCUT2D eigenvalue weighted by Crippen LogP contribution is 2.34. The molecule has 0 radical (unpaired) electrons. The summed E-state index contributed by atoms with van der Waals surface area (Å²) >= 11 is 12.4. The van der Waals surface area contributed by atoms with Gasteiger partial charge in [-0.25, -0.2) is 0 Å². The number of halogens is 2. The van der Waals surface area contributed by atoms with Gasteiger partial charge in [-0.15, -0.1) is 0 Å². The summed E-state index contributed by atoms with van der Waals surface area (Å²) in [6, 6.07) is 12.0. The molecule has 0 amide bonds. The van der Waals surface area contributed by atoms with E-state index in [1.54, 1.807) is 7.11 Å². The lowest BCUT2D eigenvalue weighted by atomic mass is 10.1. The summed E-state index contributed by atoms with van der Waals surface area (Å²) in [5, 5.41) is 5.07. The van der Waals surface area contributed by atoms with Gasteiger partial charge >= 0.3 is 0 Å². The highest BCUT2D eigenvalue weighted by Gasteiger charge is 2.15. The highest BCUT2D eigenvalue weighted by molar-refractivity contribution is 6.31. The molecule has 0 atom stereocenters. The second-order valence-corrected chi connectivity index (χ2v) is 7.92. The van der Waals surface area contributed by atoms with Gasteiger partial charge in [-0.05, 0) is 42.2 Å². The van der Waals surface area contributed by atoms with E-state index < -0.39 is 0 Å². The van der Waals surface area contributed by atoms with Crippen LogP contribution in [-0.2, 0) is 13.2 Å². The number of ether oxygens (including phenoxy) is 2. The minimum atomic E-state index is 0.434. The lowest BCUT2D eigenvalue weighted by Gasteiger charge is -2.18. The largest absolute Gasteiger partial charge is 0.493 e. The first-order valence-corrected chi connectivity index (χ1v) is 10.4. The van der Waals surface area contributed by atoms with Crippen LogP contribution in [0.4, 0.5) is 0 Å². The Morgan fingerprint density at radius 1 is 0.963 bits per heavy atom. The molecule has 3 rings (SSSR count). The molecule has 1 N–H and O–H groups in total. The normalized spacial score (nSPS) is 15.4. The molecule has 2 aromatic carbocycles. The maximum absolute atomic E-state index is 6.52. The van der Waals surface area contributed by atoms with Gasteiger partial charge in [-0.2, -0.15) is 0 Å². The van der Waals surface area contributed by atoms with E-state index >= 15 is 0 Å². The SMILES string of the molecule is COc1cc(CNC2CCCCCC2)c(Cl)cc1OCc1ccc(Cl)cc1. The Balaban J connectivity index is 1.63. The Labute approximate surface area is 172 Å². The van der Waals surface area contributed by atoms with Crippen LogP contribution >= 0.6 is 23.2 Å². The Hall–Kier alpha value is -1.42. The van der Waals surface area contributed by atoms with E-state index in [1.165, 1.54) is 38.5 Å². The van der Waals surface area contributed by atoms with Crippen LogP contribution < -0.4 is 14.8 Å². The minimum Gasteiger partial charge on any atom is -0.493 e. The van der Waals surface area contributed by atoms with Gasteiger partial charge in [0, 0.05) is 28.7 Å². The summed E-state index contributed by atoms with van der Waals surface area (Å²) in [5.41, 5.74) is 2.08. The van der Waals surface area contributed by atoms with Crippen molar-refractivity contribution in [2.75, 3.05) is 7.11 Å². The van der Waals surface area contributed by atoms with Gasteiger partial charge in [-0.1, -0.05) is 61.0 Å². The molecule has 1 saturated carbocycles. The van der Waals surface area contributed by atoms with Crippen molar-refractivity contribution < 1.29 is 9.47 Å². The van der Waals surface area contributed by atoms with Gasteiger partial charge in [0.1, 0.15) is 6.61 Å². The van der Waals surface area contributed by atoms with Crippen LogP contribution in [0, 0.1) is 0 Å². The van der Waals surface area contributed by atoms with Crippen molar-refractivity contribution >= 4 is 23.2 Å². The van der Waals surface area contributed by atoms with E-state index in [-0.39, 0.29) is 0 Å². The number of hydrogen-bond acceptors (Lipinski definition) is 3. The van der Waals surface area contributed by atoms with E-state index in [0.29, 0.717) is 34.2 Å². The monoisotopic (exact) mass is 407 g/mol. The van der Waals surface area contributed by atoms with Gasteiger partial charge in [0.25, 0.3) is 0 Å². The Morgan fingerprint density at radius 2 is 1.67 bits per heavy atom. The standard InChI is InChI=1S/C22H27Cl2NO2/c1-26-21-12-17(14-25-19-6-4-2-3-5-7-19)20(24)13-22(21)27-15-16-8-10-18(23)11-9-16/h8-13,19,25H,2-7,14-15H2,1H3. The predicted octanol–water partition coefficient (Wildman–Crippen LogP) is 6.39. The fourth-order valence-electron chi connectivity index (χ4n) is 3.46. The molecule has 3 nitrogen and oxygen atoms in total. The van der Waals surface area contributed by atoms with Gasteiger partial charge in [0.15, 0.2) is 11.5 Å². The quantitative estimate of drug-likeness (QED) is 0.538. The van der Waals surface area contributed by atoms with Crippen LogP contribution in [0.5, 0.6) is 11.5 Å². The average molecular weight is 408 g/mol. The molecule has 146 valence electrons. The van der Waals surface area contributed by atoms with Crippen molar-refractivity contribution in [3.8, 4) is 11.5 Å². The molecule has 0 saturated heterocycles. The lowest BCUT2D eigenvalue weighted by Crippen LogP contribution is -2.28. The molecule has 0 heterocycles. The zero-order chi connectivity index (χ0) is 19.1. The van der Waals surface area contributed by atoms with Gasteiger partial charge in [-0.3, -0.25) is 0 Å². The molecule has 0 spiro atoms. The van der Waals surface area contributed by atoms with Crippen molar-refractivity contribution in [1.82, 2.24) is 5.32 Å². The number of nitrogens with one attached hydrogen (secondary N) is 1. The van der Waals surface area contributed by atoms with E-state index in [4.69, 9.17) is 32.7 Å². The molecule has 27 heavy (non-hydrogen) atoms. The second kappa shape index (κ2) is 10.2. The Morgan fingerprint density at radius 3 is 2.33 bits per heavy atom. The highest BCUT2D eigenvalue weighted by atomic mass is 35.5. The molecule has 0 aromatic heterocycles. The molecule has 1 fully saturated rings. The number of methoxy groups -OCH3 is 1. The summed E-state index contributed by atoms with van der Waals surface area (Å²) in [7, 11) is 1.65. The molecule has 1 aliphatic rings. The summed E-state index contributed by atoms with van der Waals surface area (Å²) < 4.78 is 11.5. The smallest absolute Gasteiger partial charge is 0.163 e. The Bertz CT molecular complexity index is 726. The van der Waals surface area contributed by atoms with Crippen molar-refractivity contribution in [3.63, 3.8) is 0 Å². The van der Waals surface area contributed by atoms with E-state index in [1.807, 2.05) is 36.4 Å². The molecular formula is C22H27Cl2NO2. The fraction of sp³-hybridized carbons (Fsp3) is 0.455. The van der Waals surface area contributed by atoms with E-state index in [0.717, 1.165) is 17.7 Å².